The third-order valence-electron chi connectivity index (χ3n) is 3.33. The molecule has 98 valence electrons. The third-order valence-corrected chi connectivity index (χ3v) is 3.78. The van der Waals surface area contributed by atoms with Crippen molar-refractivity contribution in [2.75, 3.05) is 18.0 Å². The van der Waals surface area contributed by atoms with Crippen LogP contribution in [0, 0.1) is 0 Å². The molecule has 2 atom stereocenters. The molecular weight excluding hydrogens is 250 g/mol. The van der Waals surface area contributed by atoms with E-state index in [1.807, 2.05) is 12.1 Å². The molecule has 1 amide bonds. The number of alkyl halides is 1. The standard InChI is InChI=1S/C13H18ClN3O/c1-2-11-12(14)16-7-8-17(11)10-5-3-9(4-6-10)13(15)18/h3-6,11-12,16H,2,7-8H2,1H3,(H2,15,18). The van der Waals surface area contributed by atoms with Gasteiger partial charge in [0.05, 0.1) is 6.04 Å². The minimum absolute atomic E-state index is 0.0421. The van der Waals surface area contributed by atoms with E-state index < -0.39 is 5.91 Å². The molecule has 1 saturated heterocycles. The van der Waals surface area contributed by atoms with Gasteiger partial charge in [-0.05, 0) is 30.7 Å². The highest BCUT2D eigenvalue weighted by Crippen LogP contribution is 2.24. The minimum atomic E-state index is -0.399. The van der Waals surface area contributed by atoms with Gasteiger partial charge >= 0.3 is 0 Å². The molecule has 2 unspecified atom stereocenters. The number of carbonyl (C=O) groups is 1. The lowest BCUT2D eigenvalue weighted by molar-refractivity contribution is 0.100. The van der Waals surface area contributed by atoms with Crippen LogP contribution < -0.4 is 16.0 Å². The Kier molecular flexibility index (Phi) is 4.09. The lowest BCUT2D eigenvalue weighted by Gasteiger charge is -2.40. The first-order valence-corrected chi connectivity index (χ1v) is 6.61. The third kappa shape index (κ3) is 2.60. The van der Waals surface area contributed by atoms with Gasteiger partial charge in [-0.15, -0.1) is 11.6 Å². The van der Waals surface area contributed by atoms with E-state index in [1.165, 1.54) is 0 Å². The number of piperazine rings is 1. The first-order valence-electron chi connectivity index (χ1n) is 6.17. The number of primary amides is 1. The Morgan fingerprint density at radius 1 is 1.50 bits per heavy atom. The minimum Gasteiger partial charge on any atom is -0.366 e. The zero-order chi connectivity index (χ0) is 13.1. The number of nitrogens with zero attached hydrogens (tertiary/aromatic N) is 1. The monoisotopic (exact) mass is 267 g/mol. The number of nitrogens with two attached hydrogens (primary N) is 1. The van der Waals surface area contributed by atoms with Gasteiger partial charge in [-0.25, -0.2) is 0 Å². The largest absolute Gasteiger partial charge is 0.366 e. The van der Waals surface area contributed by atoms with Gasteiger partial charge in [-0.1, -0.05) is 6.92 Å². The van der Waals surface area contributed by atoms with E-state index in [9.17, 15) is 4.79 Å². The maximum atomic E-state index is 11.0. The van der Waals surface area contributed by atoms with Crippen LogP contribution >= 0.6 is 11.6 Å². The van der Waals surface area contributed by atoms with Crippen molar-refractivity contribution < 1.29 is 4.79 Å². The zero-order valence-corrected chi connectivity index (χ0v) is 11.2. The average Bonchev–Trinajstić information content (AvgIpc) is 2.38. The van der Waals surface area contributed by atoms with E-state index in [1.54, 1.807) is 12.1 Å². The van der Waals surface area contributed by atoms with E-state index >= 15 is 0 Å². The van der Waals surface area contributed by atoms with E-state index in [-0.39, 0.29) is 11.5 Å². The van der Waals surface area contributed by atoms with Crippen LogP contribution in [-0.4, -0.2) is 30.5 Å². The molecule has 0 saturated carbocycles. The van der Waals surface area contributed by atoms with Crippen molar-refractivity contribution in [1.29, 1.82) is 0 Å². The number of anilines is 1. The summed E-state index contributed by atoms with van der Waals surface area (Å²) in [5.41, 5.74) is 6.81. The molecule has 18 heavy (non-hydrogen) atoms. The Morgan fingerprint density at radius 2 is 2.17 bits per heavy atom. The van der Waals surface area contributed by atoms with Gasteiger partial charge in [0.2, 0.25) is 5.91 Å². The number of nitrogens with one attached hydrogen (secondary N) is 1. The molecule has 1 fully saturated rings. The summed E-state index contributed by atoms with van der Waals surface area (Å²) in [6.07, 6.45) is 0.971. The molecule has 0 aromatic heterocycles. The number of benzene rings is 1. The second-order valence-electron chi connectivity index (χ2n) is 4.44. The van der Waals surface area contributed by atoms with Gasteiger partial charge in [-0.3, -0.25) is 10.1 Å². The summed E-state index contributed by atoms with van der Waals surface area (Å²) in [5, 5.41) is 3.26. The van der Waals surface area contributed by atoms with E-state index in [0.717, 1.165) is 25.2 Å². The molecule has 0 aliphatic carbocycles. The first kappa shape index (κ1) is 13.2. The number of rotatable bonds is 3. The number of hydrogen-bond donors (Lipinski definition) is 2. The van der Waals surface area contributed by atoms with E-state index in [2.05, 4.69) is 17.1 Å². The van der Waals surface area contributed by atoms with Crippen LogP contribution in [-0.2, 0) is 0 Å². The molecule has 0 bridgehead atoms. The topological polar surface area (TPSA) is 58.4 Å². The zero-order valence-electron chi connectivity index (χ0n) is 10.4. The summed E-state index contributed by atoms with van der Waals surface area (Å²) in [5.74, 6) is -0.399. The smallest absolute Gasteiger partial charge is 0.248 e. The van der Waals surface area contributed by atoms with Crippen LogP contribution in [0.25, 0.3) is 0 Å². The maximum Gasteiger partial charge on any atom is 0.248 e. The van der Waals surface area contributed by atoms with Crippen molar-refractivity contribution in [3.05, 3.63) is 29.8 Å². The molecule has 2 rings (SSSR count). The van der Waals surface area contributed by atoms with Crippen LogP contribution in [0.2, 0.25) is 0 Å². The van der Waals surface area contributed by atoms with Crippen LogP contribution in [0.5, 0.6) is 0 Å². The lowest BCUT2D eigenvalue weighted by atomic mass is 10.1. The summed E-state index contributed by atoms with van der Waals surface area (Å²) in [6.45, 7) is 3.90. The average molecular weight is 268 g/mol. The molecule has 0 spiro atoms. The molecule has 1 aliphatic rings. The maximum absolute atomic E-state index is 11.0. The molecule has 4 nitrogen and oxygen atoms in total. The molecule has 3 N–H and O–H groups in total. The van der Waals surface area contributed by atoms with Crippen LogP contribution in [0.3, 0.4) is 0 Å². The fourth-order valence-corrected chi connectivity index (χ4v) is 2.77. The molecule has 1 aromatic carbocycles. The second-order valence-corrected chi connectivity index (χ2v) is 4.91. The molecular formula is C13H18ClN3O. The highest BCUT2D eigenvalue weighted by Gasteiger charge is 2.28. The Hall–Kier alpha value is -1.26. The number of carbonyl (C=O) groups excluding carboxylic acids is 1. The molecule has 0 radical (unpaired) electrons. The van der Waals surface area contributed by atoms with Crippen molar-refractivity contribution in [1.82, 2.24) is 5.32 Å². The highest BCUT2D eigenvalue weighted by atomic mass is 35.5. The van der Waals surface area contributed by atoms with Crippen molar-refractivity contribution in [2.24, 2.45) is 5.73 Å². The van der Waals surface area contributed by atoms with Crippen molar-refractivity contribution >= 4 is 23.2 Å². The Balaban J connectivity index is 2.21. The van der Waals surface area contributed by atoms with Gasteiger partial charge in [0.1, 0.15) is 5.50 Å². The van der Waals surface area contributed by atoms with Crippen LogP contribution in [0.15, 0.2) is 24.3 Å². The fourth-order valence-electron chi connectivity index (χ4n) is 2.35. The van der Waals surface area contributed by atoms with Crippen molar-refractivity contribution in [2.45, 2.75) is 24.9 Å². The van der Waals surface area contributed by atoms with E-state index in [4.69, 9.17) is 17.3 Å². The SMILES string of the molecule is CCC1C(Cl)NCCN1c1ccc(C(N)=O)cc1. The van der Waals surface area contributed by atoms with Crippen molar-refractivity contribution in [3.63, 3.8) is 0 Å². The number of amides is 1. The summed E-state index contributed by atoms with van der Waals surface area (Å²) >= 11 is 6.28. The van der Waals surface area contributed by atoms with Crippen molar-refractivity contribution in [3.8, 4) is 0 Å². The van der Waals surface area contributed by atoms with E-state index in [0.29, 0.717) is 5.56 Å². The number of halogens is 1. The quantitative estimate of drug-likeness (QED) is 0.645. The molecule has 1 heterocycles. The Labute approximate surface area is 112 Å². The van der Waals surface area contributed by atoms with Crippen LogP contribution in [0.4, 0.5) is 5.69 Å². The Morgan fingerprint density at radius 3 is 2.72 bits per heavy atom. The normalized spacial score (nSPS) is 24.0. The molecule has 1 aliphatic heterocycles. The summed E-state index contributed by atoms with van der Waals surface area (Å²) in [4.78, 5) is 13.3. The lowest BCUT2D eigenvalue weighted by Crippen LogP contribution is -2.55. The predicted octanol–water partition coefficient (Wildman–Crippen LogP) is 1.54. The Bertz CT molecular complexity index is 421. The van der Waals surface area contributed by atoms with Gasteiger partial charge in [0.15, 0.2) is 0 Å². The summed E-state index contributed by atoms with van der Waals surface area (Å²) in [6, 6.07) is 7.64. The van der Waals surface area contributed by atoms with Gasteiger partial charge < -0.3 is 10.6 Å². The molecule has 5 heteroatoms. The second kappa shape index (κ2) is 5.59. The van der Waals surface area contributed by atoms with Gasteiger partial charge in [0.25, 0.3) is 0 Å². The van der Waals surface area contributed by atoms with Gasteiger partial charge in [-0.2, -0.15) is 0 Å². The highest BCUT2D eigenvalue weighted by molar-refractivity contribution is 6.21. The summed E-state index contributed by atoms with van der Waals surface area (Å²) < 4.78 is 0. The van der Waals surface area contributed by atoms with Gasteiger partial charge in [0, 0.05) is 24.3 Å². The van der Waals surface area contributed by atoms with Crippen LogP contribution in [0.1, 0.15) is 23.7 Å². The molecule has 1 aromatic rings. The summed E-state index contributed by atoms with van der Waals surface area (Å²) in [7, 11) is 0. The predicted molar refractivity (Wildman–Crippen MR) is 74.0 cm³/mol. The first-order chi connectivity index (χ1) is 8.63. The fraction of sp³-hybridized carbons (Fsp3) is 0.462. The number of hydrogen-bond acceptors (Lipinski definition) is 3.